The molecule has 0 unspecified atom stereocenters. The Morgan fingerprint density at radius 2 is 1.70 bits per heavy atom. The van der Waals surface area contributed by atoms with Gasteiger partial charge < -0.3 is 5.32 Å². The highest BCUT2D eigenvalue weighted by molar-refractivity contribution is 7.85. The second-order valence-electron chi connectivity index (χ2n) is 8.48. The molecule has 0 atom stereocenters. The van der Waals surface area contributed by atoms with Gasteiger partial charge in [0.05, 0.1) is 11.9 Å². The molecule has 0 saturated carbocycles. The summed E-state index contributed by atoms with van der Waals surface area (Å²) in [7, 11) is -3.67. The minimum Gasteiger partial charge on any atom is -0.322 e. The lowest BCUT2D eigenvalue weighted by Crippen LogP contribution is -2.25. The number of nitrogens with one attached hydrogen (secondary N) is 1. The van der Waals surface area contributed by atoms with Crippen molar-refractivity contribution in [2.75, 3.05) is 11.6 Å². The fraction of sp³-hybridized carbons (Fsp3) is 0.0741. The highest BCUT2D eigenvalue weighted by Gasteiger charge is 2.15. The highest BCUT2D eigenvalue weighted by Crippen LogP contribution is 2.22. The van der Waals surface area contributed by atoms with Crippen LogP contribution in [-0.2, 0) is 16.5 Å². The van der Waals surface area contributed by atoms with Gasteiger partial charge in [-0.05, 0) is 60.2 Å². The van der Waals surface area contributed by atoms with E-state index in [0.717, 1.165) is 5.56 Å². The maximum atomic E-state index is 13.5. The first-order valence-electron chi connectivity index (χ1n) is 11.5. The standard InChI is InChI=1S/C26H17Cl2N5O2.CH4O3S/c27-18-11-17(12-19(28)13-18)25(34)31-20-5-1-6-21(14-20)33-24-22(7-3-9-30-24)32-23(26(33)35)10-16-4-2-8-29-15-16;1-5(2,3)4/h1-9,11-15H,10H2,(H,31,34);1H3,(H,2,3,4). The average Bonchev–Trinajstić information content (AvgIpc) is 2.88. The first-order chi connectivity index (χ1) is 19.0. The van der Waals surface area contributed by atoms with Crippen molar-refractivity contribution in [1.82, 2.24) is 19.5 Å². The number of amides is 1. The molecule has 5 aromatic rings. The molecule has 3 aromatic heterocycles. The van der Waals surface area contributed by atoms with Crippen LogP contribution in [-0.4, -0.2) is 44.7 Å². The number of anilines is 1. The third-order valence-electron chi connectivity index (χ3n) is 5.26. The second-order valence-corrected chi connectivity index (χ2v) is 10.8. The van der Waals surface area contributed by atoms with Gasteiger partial charge in [-0.3, -0.25) is 23.7 Å². The number of pyridine rings is 2. The topological polar surface area (TPSA) is 144 Å². The quantitative estimate of drug-likeness (QED) is 0.274. The van der Waals surface area contributed by atoms with E-state index in [9.17, 15) is 18.0 Å². The molecule has 0 fully saturated rings. The van der Waals surface area contributed by atoms with E-state index in [2.05, 4.69) is 20.3 Å². The summed E-state index contributed by atoms with van der Waals surface area (Å²) in [5.41, 5.74) is 3.27. The zero-order chi connectivity index (χ0) is 28.9. The molecule has 10 nitrogen and oxygen atoms in total. The van der Waals surface area contributed by atoms with Crippen molar-refractivity contribution >= 4 is 56.1 Å². The lowest BCUT2D eigenvalue weighted by Gasteiger charge is -2.13. The molecular weight excluding hydrogens is 577 g/mol. The summed E-state index contributed by atoms with van der Waals surface area (Å²) in [5, 5.41) is 3.55. The van der Waals surface area contributed by atoms with Crippen LogP contribution in [0.25, 0.3) is 16.9 Å². The van der Waals surface area contributed by atoms with Crippen LogP contribution in [0.15, 0.2) is 90.1 Å². The van der Waals surface area contributed by atoms with Gasteiger partial charge in [-0.25, -0.2) is 9.97 Å². The number of carbonyl (C=O) groups is 1. The van der Waals surface area contributed by atoms with Crippen molar-refractivity contribution in [2.24, 2.45) is 0 Å². The molecule has 0 aliphatic heterocycles. The first-order valence-corrected chi connectivity index (χ1v) is 14.1. The molecule has 2 aromatic carbocycles. The smallest absolute Gasteiger partial charge is 0.278 e. The molecule has 0 aliphatic rings. The van der Waals surface area contributed by atoms with Gasteiger partial charge >= 0.3 is 0 Å². The fourth-order valence-corrected chi connectivity index (χ4v) is 4.25. The number of carbonyl (C=O) groups excluding carboxylic acids is 1. The summed E-state index contributed by atoms with van der Waals surface area (Å²) in [6.45, 7) is 0. The van der Waals surface area contributed by atoms with Crippen LogP contribution in [0.5, 0.6) is 0 Å². The van der Waals surface area contributed by atoms with Crippen LogP contribution in [0.4, 0.5) is 5.69 Å². The largest absolute Gasteiger partial charge is 0.322 e. The maximum absolute atomic E-state index is 13.5. The molecule has 0 spiro atoms. The Hall–Kier alpha value is -4.16. The fourth-order valence-electron chi connectivity index (χ4n) is 3.73. The van der Waals surface area contributed by atoms with Crippen LogP contribution in [0.3, 0.4) is 0 Å². The lowest BCUT2D eigenvalue weighted by molar-refractivity contribution is 0.102. The molecule has 13 heteroatoms. The van der Waals surface area contributed by atoms with Gasteiger partial charge in [0.1, 0.15) is 11.2 Å². The zero-order valence-corrected chi connectivity index (χ0v) is 23.2. The molecule has 0 bridgehead atoms. The molecule has 0 saturated heterocycles. The highest BCUT2D eigenvalue weighted by atomic mass is 35.5. The third kappa shape index (κ3) is 7.70. The molecule has 5 rings (SSSR count). The van der Waals surface area contributed by atoms with Gasteiger partial charge in [0, 0.05) is 46.3 Å². The summed E-state index contributed by atoms with van der Waals surface area (Å²) in [5.74, 6) is -0.381. The summed E-state index contributed by atoms with van der Waals surface area (Å²) >= 11 is 12.1. The number of benzene rings is 2. The Morgan fingerprint density at radius 3 is 2.38 bits per heavy atom. The van der Waals surface area contributed by atoms with Gasteiger partial charge in [0.15, 0.2) is 5.65 Å². The van der Waals surface area contributed by atoms with E-state index < -0.39 is 10.1 Å². The first kappa shape index (κ1) is 28.8. The van der Waals surface area contributed by atoms with Crippen molar-refractivity contribution in [3.63, 3.8) is 0 Å². The van der Waals surface area contributed by atoms with Crippen LogP contribution in [0.1, 0.15) is 21.6 Å². The van der Waals surface area contributed by atoms with E-state index in [-0.39, 0.29) is 11.5 Å². The average molecular weight is 598 g/mol. The van der Waals surface area contributed by atoms with Crippen LogP contribution in [0.2, 0.25) is 10.0 Å². The van der Waals surface area contributed by atoms with E-state index in [1.54, 1.807) is 61.1 Å². The van der Waals surface area contributed by atoms with Crippen molar-refractivity contribution in [2.45, 2.75) is 6.42 Å². The normalized spacial score (nSPS) is 11.0. The Bertz CT molecular complexity index is 1840. The monoisotopic (exact) mass is 597 g/mol. The number of hydrogen-bond donors (Lipinski definition) is 2. The Labute approximate surface area is 239 Å². The molecule has 204 valence electrons. The van der Waals surface area contributed by atoms with Gasteiger partial charge in [-0.1, -0.05) is 35.3 Å². The van der Waals surface area contributed by atoms with Crippen molar-refractivity contribution in [3.05, 3.63) is 123 Å². The van der Waals surface area contributed by atoms with E-state index >= 15 is 0 Å². The minimum atomic E-state index is -3.67. The second kappa shape index (κ2) is 12.3. The Balaban J connectivity index is 0.000000681. The molecule has 0 radical (unpaired) electrons. The van der Waals surface area contributed by atoms with Crippen LogP contribution >= 0.6 is 23.2 Å². The van der Waals surface area contributed by atoms with E-state index in [1.807, 2.05) is 12.1 Å². The van der Waals surface area contributed by atoms with Crippen molar-refractivity contribution in [1.29, 1.82) is 0 Å². The van der Waals surface area contributed by atoms with Gasteiger partial charge in [-0.2, -0.15) is 8.42 Å². The Kier molecular flexibility index (Phi) is 8.90. The number of nitrogens with zero attached hydrogens (tertiary/aromatic N) is 4. The van der Waals surface area contributed by atoms with Gasteiger partial charge in [0.2, 0.25) is 0 Å². The summed E-state index contributed by atoms with van der Waals surface area (Å²) in [6, 6.07) is 18.8. The number of aromatic nitrogens is 4. The summed E-state index contributed by atoms with van der Waals surface area (Å²) in [4.78, 5) is 39.4. The van der Waals surface area contributed by atoms with Crippen LogP contribution < -0.4 is 10.9 Å². The SMILES string of the molecule is CS(=O)(=O)O.O=C(Nc1cccc(-n2c(=O)c(Cc3cccnc3)nc3cccnc32)c1)c1cc(Cl)cc(Cl)c1. The van der Waals surface area contributed by atoms with Gasteiger partial charge in [0.25, 0.3) is 21.6 Å². The van der Waals surface area contributed by atoms with E-state index in [4.69, 9.17) is 27.8 Å². The number of halogens is 2. The van der Waals surface area contributed by atoms with E-state index in [1.165, 1.54) is 16.7 Å². The summed E-state index contributed by atoms with van der Waals surface area (Å²) in [6.07, 6.45) is 6.03. The molecular formula is C27H21Cl2N5O5S. The van der Waals surface area contributed by atoms with E-state index in [0.29, 0.717) is 56.5 Å². The van der Waals surface area contributed by atoms with Crippen LogP contribution in [0, 0.1) is 0 Å². The Morgan fingerprint density at radius 1 is 1.00 bits per heavy atom. The lowest BCUT2D eigenvalue weighted by atomic mass is 10.1. The molecule has 0 aliphatic carbocycles. The number of fused-ring (bicyclic) bond motifs is 1. The van der Waals surface area contributed by atoms with Gasteiger partial charge in [-0.15, -0.1) is 0 Å². The minimum absolute atomic E-state index is 0.301. The summed E-state index contributed by atoms with van der Waals surface area (Å²) < 4.78 is 27.4. The number of hydrogen-bond acceptors (Lipinski definition) is 7. The predicted octanol–water partition coefficient (Wildman–Crippen LogP) is 4.83. The molecule has 1 amide bonds. The van der Waals surface area contributed by atoms with Crippen molar-refractivity contribution < 1.29 is 17.8 Å². The predicted molar refractivity (Wildman–Crippen MR) is 154 cm³/mol. The molecule has 40 heavy (non-hydrogen) atoms. The maximum Gasteiger partial charge on any atom is 0.278 e. The zero-order valence-electron chi connectivity index (χ0n) is 20.8. The molecule has 3 heterocycles. The molecule has 2 N–H and O–H groups in total. The van der Waals surface area contributed by atoms with Crippen molar-refractivity contribution in [3.8, 4) is 5.69 Å². The third-order valence-corrected chi connectivity index (χ3v) is 5.70. The number of rotatable bonds is 5.